The zero-order valence-corrected chi connectivity index (χ0v) is 15.4. The fourth-order valence-corrected chi connectivity index (χ4v) is 3.08. The normalized spacial score (nSPS) is 10.4. The van der Waals surface area contributed by atoms with Crippen molar-refractivity contribution in [2.75, 3.05) is 0 Å². The van der Waals surface area contributed by atoms with Crippen molar-refractivity contribution in [3.8, 4) is 11.5 Å². The Morgan fingerprint density at radius 2 is 1.92 bits per heavy atom. The zero-order chi connectivity index (χ0) is 18.5. The number of hydrogen-bond donors (Lipinski definition) is 1. The van der Waals surface area contributed by atoms with E-state index in [2.05, 4.69) is 17.0 Å². The third-order valence-electron chi connectivity index (χ3n) is 3.57. The Bertz CT molecular complexity index is 935. The highest BCUT2D eigenvalue weighted by Gasteiger charge is 2.12. The fourth-order valence-electron chi connectivity index (χ4n) is 2.26. The molecule has 0 fully saturated rings. The van der Waals surface area contributed by atoms with Crippen LogP contribution in [-0.2, 0) is 7.05 Å². The summed E-state index contributed by atoms with van der Waals surface area (Å²) in [5.74, 6) is 1.22. The summed E-state index contributed by atoms with van der Waals surface area (Å²) in [6.07, 6.45) is 1.72. The van der Waals surface area contributed by atoms with Gasteiger partial charge in [0.1, 0.15) is 11.5 Å². The highest BCUT2D eigenvalue weighted by atomic mass is 32.2. The molecule has 0 spiro atoms. The molecule has 1 N–H and O–H groups in total. The standard InChI is InChI=1S/C20H19N3O2S/c1-14-9-10-17(25-16-7-5-4-6-8-16)13-19(14)26-15(2)21-20(24)18-11-12-23(3)22-18/h4-13H,2H2,1,3H3,(H,21,24). The maximum absolute atomic E-state index is 12.2. The molecule has 5 nitrogen and oxygen atoms in total. The van der Waals surface area contributed by atoms with Gasteiger partial charge >= 0.3 is 0 Å². The summed E-state index contributed by atoms with van der Waals surface area (Å²) in [6.45, 7) is 5.94. The average Bonchev–Trinajstić information content (AvgIpc) is 3.05. The molecule has 0 atom stereocenters. The molecule has 1 amide bonds. The van der Waals surface area contributed by atoms with Gasteiger partial charge in [-0.25, -0.2) is 0 Å². The van der Waals surface area contributed by atoms with Crippen LogP contribution in [0.1, 0.15) is 16.1 Å². The van der Waals surface area contributed by atoms with E-state index in [9.17, 15) is 4.79 Å². The molecule has 3 rings (SSSR count). The van der Waals surface area contributed by atoms with Gasteiger partial charge in [-0.1, -0.05) is 42.6 Å². The first-order valence-corrected chi connectivity index (χ1v) is 8.84. The number of thioether (sulfide) groups is 1. The van der Waals surface area contributed by atoms with Crippen LogP contribution in [0.25, 0.3) is 0 Å². The second-order valence-electron chi connectivity index (χ2n) is 5.70. The largest absolute Gasteiger partial charge is 0.457 e. The van der Waals surface area contributed by atoms with Gasteiger partial charge in [0.2, 0.25) is 0 Å². The number of nitrogens with zero attached hydrogens (tertiary/aromatic N) is 2. The molecule has 0 aliphatic heterocycles. The number of benzene rings is 2. The molecule has 132 valence electrons. The number of para-hydroxylation sites is 1. The van der Waals surface area contributed by atoms with E-state index in [1.807, 2.05) is 55.5 Å². The molecular formula is C20H19N3O2S. The van der Waals surface area contributed by atoms with E-state index in [0.717, 1.165) is 22.0 Å². The molecule has 0 unspecified atom stereocenters. The summed E-state index contributed by atoms with van der Waals surface area (Å²) < 4.78 is 7.45. The van der Waals surface area contributed by atoms with Gasteiger partial charge in [0.15, 0.2) is 5.69 Å². The molecule has 0 aliphatic rings. The zero-order valence-electron chi connectivity index (χ0n) is 14.6. The average molecular weight is 365 g/mol. The minimum Gasteiger partial charge on any atom is -0.457 e. The van der Waals surface area contributed by atoms with E-state index < -0.39 is 0 Å². The second-order valence-corrected chi connectivity index (χ2v) is 6.83. The van der Waals surface area contributed by atoms with Crippen LogP contribution in [0.15, 0.2) is 77.3 Å². The van der Waals surface area contributed by atoms with Gasteiger partial charge in [0.25, 0.3) is 5.91 Å². The number of rotatable bonds is 6. The Balaban J connectivity index is 1.67. The Labute approximate surface area is 156 Å². The van der Waals surface area contributed by atoms with Gasteiger partial charge < -0.3 is 10.1 Å². The first kappa shape index (κ1) is 17.8. The Hall–Kier alpha value is -2.99. The fraction of sp³-hybridized carbons (Fsp3) is 0.100. The van der Waals surface area contributed by atoms with Crippen LogP contribution in [0.4, 0.5) is 0 Å². The predicted molar refractivity (Wildman–Crippen MR) is 103 cm³/mol. The molecule has 6 heteroatoms. The number of amides is 1. The van der Waals surface area contributed by atoms with Gasteiger partial charge in [-0.3, -0.25) is 9.48 Å². The van der Waals surface area contributed by atoms with Crippen molar-refractivity contribution >= 4 is 17.7 Å². The lowest BCUT2D eigenvalue weighted by Crippen LogP contribution is -2.21. The highest BCUT2D eigenvalue weighted by molar-refractivity contribution is 8.03. The first-order chi connectivity index (χ1) is 12.5. The quantitative estimate of drug-likeness (QED) is 0.653. The van der Waals surface area contributed by atoms with Gasteiger partial charge in [0, 0.05) is 18.1 Å². The summed E-state index contributed by atoms with van der Waals surface area (Å²) in [5, 5.41) is 7.38. The smallest absolute Gasteiger partial charge is 0.276 e. The van der Waals surface area contributed by atoms with Crippen LogP contribution in [0, 0.1) is 6.92 Å². The van der Waals surface area contributed by atoms with Gasteiger partial charge in [-0.15, -0.1) is 0 Å². The lowest BCUT2D eigenvalue weighted by atomic mass is 10.2. The van der Waals surface area contributed by atoms with Crippen LogP contribution >= 0.6 is 11.8 Å². The predicted octanol–water partition coefficient (Wildman–Crippen LogP) is 4.51. The van der Waals surface area contributed by atoms with Crippen LogP contribution in [0.2, 0.25) is 0 Å². The van der Waals surface area contributed by atoms with Gasteiger partial charge in [0.05, 0.1) is 5.03 Å². The lowest BCUT2D eigenvalue weighted by molar-refractivity contribution is 0.0963. The molecule has 0 radical (unpaired) electrons. The maximum atomic E-state index is 12.2. The summed E-state index contributed by atoms with van der Waals surface area (Å²) >= 11 is 1.38. The van der Waals surface area contributed by atoms with E-state index in [0.29, 0.717) is 10.7 Å². The Morgan fingerprint density at radius 3 is 2.62 bits per heavy atom. The van der Waals surface area contributed by atoms with Crippen molar-refractivity contribution in [2.24, 2.45) is 7.05 Å². The van der Waals surface area contributed by atoms with Crippen molar-refractivity contribution in [3.63, 3.8) is 0 Å². The van der Waals surface area contributed by atoms with Gasteiger partial charge in [-0.05, 0) is 42.8 Å². The van der Waals surface area contributed by atoms with E-state index in [1.165, 1.54) is 11.8 Å². The first-order valence-electron chi connectivity index (χ1n) is 8.02. The molecule has 0 saturated carbocycles. The van der Waals surface area contributed by atoms with Crippen LogP contribution in [0.3, 0.4) is 0 Å². The number of hydrogen-bond acceptors (Lipinski definition) is 4. The third kappa shape index (κ3) is 4.55. The topological polar surface area (TPSA) is 56.2 Å². The molecule has 0 saturated heterocycles. The molecule has 0 bridgehead atoms. The summed E-state index contributed by atoms with van der Waals surface area (Å²) in [6, 6.07) is 17.1. The molecular weight excluding hydrogens is 346 g/mol. The summed E-state index contributed by atoms with van der Waals surface area (Å²) in [4.78, 5) is 13.1. The van der Waals surface area contributed by atoms with E-state index in [-0.39, 0.29) is 5.91 Å². The van der Waals surface area contributed by atoms with Crippen molar-refractivity contribution < 1.29 is 9.53 Å². The van der Waals surface area contributed by atoms with E-state index >= 15 is 0 Å². The van der Waals surface area contributed by atoms with Crippen LogP contribution < -0.4 is 10.1 Å². The number of ether oxygens (including phenoxy) is 1. The minimum absolute atomic E-state index is 0.280. The second kappa shape index (κ2) is 7.93. The van der Waals surface area contributed by atoms with Crippen molar-refractivity contribution in [1.82, 2.24) is 15.1 Å². The highest BCUT2D eigenvalue weighted by Crippen LogP contribution is 2.32. The molecule has 1 heterocycles. The number of aryl methyl sites for hydroxylation is 2. The SMILES string of the molecule is C=C(NC(=O)c1ccn(C)n1)Sc1cc(Oc2ccccc2)ccc1C. The van der Waals surface area contributed by atoms with Crippen LogP contribution in [0.5, 0.6) is 11.5 Å². The van der Waals surface area contributed by atoms with Crippen molar-refractivity contribution in [1.29, 1.82) is 0 Å². The molecule has 2 aromatic carbocycles. The third-order valence-corrected chi connectivity index (χ3v) is 4.58. The molecule has 3 aromatic rings. The van der Waals surface area contributed by atoms with Crippen molar-refractivity contribution in [3.05, 3.63) is 83.7 Å². The maximum Gasteiger partial charge on any atom is 0.276 e. The van der Waals surface area contributed by atoms with E-state index in [4.69, 9.17) is 4.74 Å². The van der Waals surface area contributed by atoms with E-state index in [1.54, 1.807) is 24.0 Å². The van der Waals surface area contributed by atoms with Gasteiger partial charge in [-0.2, -0.15) is 5.10 Å². The Morgan fingerprint density at radius 1 is 1.15 bits per heavy atom. The molecule has 0 aliphatic carbocycles. The number of carbonyl (C=O) groups is 1. The van der Waals surface area contributed by atoms with Crippen molar-refractivity contribution in [2.45, 2.75) is 11.8 Å². The van der Waals surface area contributed by atoms with Crippen LogP contribution in [-0.4, -0.2) is 15.7 Å². The number of aromatic nitrogens is 2. The minimum atomic E-state index is -0.280. The monoisotopic (exact) mass is 365 g/mol. The molecule has 1 aromatic heterocycles. The summed E-state index contributed by atoms with van der Waals surface area (Å²) in [5.41, 5.74) is 1.43. The number of carbonyl (C=O) groups excluding carboxylic acids is 1. The lowest BCUT2D eigenvalue weighted by Gasteiger charge is -2.12. The molecule has 26 heavy (non-hydrogen) atoms. The summed E-state index contributed by atoms with van der Waals surface area (Å²) in [7, 11) is 1.77. The number of nitrogens with one attached hydrogen (secondary N) is 1. The Kier molecular flexibility index (Phi) is 5.43.